The fourth-order valence-electron chi connectivity index (χ4n) is 3.24. The highest BCUT2D eigenvalue weighted by molar-refractivity contribution is 7.80. The molecular formula is C19H31ClN3OS+. The summed E-state index contributed by atoms with van der Waals surface area (Å²) in [5.74, 6) is 1.45. The number of ether oxygens (including phenoxy) is 1. The molecule has 1 aliphatic rings. The smallest absolute Gasteiger partial charge is 0.173 e. The number of nitrogens with one attached hydrogen (secondary N) is 2. The van der Waals surface area contributed by atoms with E-state index in [9.17, 15) is 0 Å². The first kappa shape index (κ1) is 20.3. The molecule has 0 amide bonds. The normalized spacial score (nSPS) is 16.8. The Bertz CT molecular complexity index is 574. The van der Waals surface area contributed by atoms with Gasteiger partial charge in [0.1, 0.15) is 5.75 Å². The van der Waals surface area contributed by atoms with Crippen LogP contribution in [0.4, 0.5) is 5.69 Å². The van der Waals surface area contributed by atoms with Crippen LogP contribution < -0.4 is 15.0 Å². The first-order valence-electron chi connectivity index (χ1n) is 9.12. The summed E-state index contributed by atoms with van der Waals surface area (Å²) in [4.78, 5) is 3.92. The van der Waals surface area contributed by atoms with Crippen LogP contribution in [-0.4, -0.2) is 49.8 Å². The van der Waals surface area contributed by atoms with Crippen LogP contribution in [-0.2, 0) is 0 Å². The summed E-state index contributed by atoms with van der Waals surface area (Å²) in [5, 5.41) is 4.66. The van der Waals surface area contributed by atoms with Crippen molar-refractivity contribution in [3.63, 3.8) is 0 Å². The molecule has 6 heteroatoms. The molecule has 1 atom stereocenters. The number of quaternary nitrogens is 1. The van der Waals surface area contributed by atoms with Gasteiger partial charge < -0.3 is 19.9 Å². The number of halogens is 1. The molecule has 1 fully saturated rings. The van der Waals surface area contributed by atoms with E-state index < -0.39 is 0 Å². The monoisotopic (exact) mass is 384 g/mol. The number of anilines is 1. The van der Waals surface area contributed by atoms with Gasteiger partial charge in [0.15, 0.2) is 5.11 Å². The van der Waals surface area contributed by atoms with E-state index in [0.717, 1.165) is 35.8 Å². The van der Waals surface area contributed by atoms with Crippen LogP contribution in [0.1, 0.15) is 33.1 Å². The molecule has 4 nitrogen and oxygen atoms in total. The summed E-state index contributed by atoms with van der Waals surface area (Å²) in [7, 11) is 3.95. The number of hydrogen-bond acceptors (Lipinski definition) is 2. The summed E-state index contributed by atoms with van der Waals surface area (Å²) in [6.45, 7) is 7.88. The Kier molecular flexibility index (Phi) is 7.79. The minimum absolute atomic E-state index is 0.587. The van der Waals surface area contributed by atoms with Crippen LogP contribution >= 0.6 is 23.8 Å². The lowest BCUT2D eigenvalue weighted by Crippen LogP contribution is -3.13. The van der Waals surface area contributed by atoms with E-state index in [1.54, 1.807) is 12.0 Å². The second-order valence-electron chi connectivity index (χ2n) is 7.32. The molecule has 140 valence electrons. The summed E-state index contributed by atoms with van der Waals surface area (Å²) in [5.41, 5.74) is 0.901. The zero-order chi connectivity index (χ0) is 18.4. The van der Waals surface area contributed by atoms with Crippen LogP contribution in [0, 0.1) is 5.92 Å². The lowest BCUT2D eigenvalue weighted by atomic mass is 10.0. The second-order valence-corrected chi connectivity index (χ2v) is 8.11. The van der Waals surface area contributed by atoms with Crippen molar-refractivity contribution in [2.24, 2.45) is 5.92 Å². The number of rotatable bonds is 6. The van der Waals surface area contributed by atoms with Gasteiger partial charge >= 0.3 is 0 Å². The van der Waals surface area contributed by atoms with E-state index >= 15 is 0 Å². The van der Waals surface area contributed by atoms with Crippen molar-refractivity contribution in [1.29, 1.82) is 0 Å². The highest BCUT2D eigenvalue weighted by atomic mass is 35.5. The maximum Gasteiger partial charge on any atom is 0.173 e. The van der Waals surface area contributed by atoms with E-state index in [-0.39, 0.29) is 0 Å². The molecule has 25 heavy (non-hydrogen) atoms. The molecule has 0 bridgehead atoms. The van der Waals surface area contributed by atoms with Crippen LogP contribution in [0.15, 0.2) is 18.2 Å². The van der Waals surface area contributed by atoms with E-state index in [4.69, 9.17) is 28.6 Å². The van der Waals surface area contributed by atoms with Gasteiger partial charge in [-0.3, -0.25) is 0 Å². The van der Waals surface area contributed by atoms with Gasteiger partial charge in [-0.2, -0.15) is 0 Å². The molecule has 1 saturated heterocycles. The molecular weight excluding hydrogens is 354 g/mol. The second kappa shape index (κ2) is 9.60. The summed E-state index contributed by atoms with van der Waals surface area (Å²) < 4.78 is 5.18. The van der Waals surface area contributed by atoms with Crippen molar-refractivity contribution in [2.45, 2.75) is 39.2 Å². The fraction of sp³-hybridized carbons (Fsp3) is 0.632. The average molecular weight is 385 g/mol. The number of likely N-dealkylation sites (tertiary alicyclic amines) is 1. The minimum atomic E-state index is 0.587. The molecule has 0 aliphatic carbocycles. The SMILES string of the molecule is COc1ccc(NC(=S)N2CCC([NH+](C)CCC(C)C)CC2)cc1Cl. The number of thiocarbonyl (C=S) groups is 1. The molecule has 1 unspecified atom stereocenters. The molecule has 1 aromatic rings. The molecule has 1 aromatic carbocycles. The molecule has 0 spiro atoms. The van der Waals surface area contributed by atoms with Crippen LogP contribution in [0.3, 0.4) is 0 Å². The van der Waals surface area contributed by atoms with Gasteiger partial charge in [-0.1, -0.05) is 25.4 Å². The Balaban J connectivity index is 1.82. The Hall–Kier alpha value is -1.04. The largest absolute Gasteiger partial charge is 0.495 e. The van der Waals surface area contributed by atoms with Gasteiger partial charge in [0.2, 0.25) is 0 Å². The topological polar surface area (TPSA) is 28.9 Å². The molecule has 0 radical (unpaired) electrons. The van der Waals surface area contributed by atoms with E-state index in [1.165, 1.54) is 25.8 Å². The van der Waals surface area contributed by atoms with Gasteiger partial charge in [-0.25, -0.2) is 0 Å². The third-order valence-corrected chi connectivity index (χ3v) is 5.65. The predicted octanol–water partition coefficient (Wildman–Crippen LogP) is 3.07. The number of hydrogen-bond donors (Lipinski definition) is 2. The summed E-state index contributed by atoms with van der Waals surface area (Å²) >= 11 is 11.8. The zero-order valence-electron chi connectivity index (χ0n) is 15.8. The maximum absolute atomic E-state index is 6.18. The van der Waals surface area contributed by atoms with Gasteiger partial charge in [-0.05, 0) is 42.8 Å². The predicted molar refractivity (Wildman–Crippen MR) is 110 cm³/mol. The highest BCUT2D eigenvalue weighted by Crippen LogP contribution is 2.27. The number of nitrogens with zero attached hydrogens (tertiary/aromatic N) is 1. The molecule has 0 aromatic heterocycles. The minimum Gasteiger partial charge on any atom is -0.495 e. The number of methoxy groups -OCH3 is 1. The Morgan fingerprint density at radius 2 is 2.08 bits per heavy atom. The van der Waals surface area contributed by atoms with Crippen molar-refractivity contribution in [3.8, 4) is 5.75 Å². The first-order chi connectivity index (χ1) is 11.9. The standard InChI is InChI=1S/C19H30ClN3OS/c1-14(2)7-10-22(3)16-8-11-23(12-9-16)19(25)21-15-5-6-18(24-4)17(20)13-15/h5-6,13-14,16H,7-12H2,1-4H3,(H,21,25)/p+1. The lowest BCUT2D eigenvalue weighted by molar-refractivity contribution is -0.907. The van der Waals surface area contributed by atoms with E-state index in [2.05, 4.69) is 31.1 Å². The van der Waals surface area contributed by atoms with Gasteiger partial charge in [-0.15, -0.1) is 0 Å². The molecule has 2 rings (SSSR count). The highest BCUT2D eigenvalue weighted by Gasteiger charge is 2.26. The molecule has 1 heterocycles. The molecule has 2 N–H and O–H groups in total. The zero-order valence-corrected chi connectivity index (χ0v) is 17.3. The summed E-state index contributed by atoms with van der Waals surface area (Å²) in [6.07, 6.45) is 3.68. The fourth-order valence-corrected chi connectivity index (χ4v) is 3.80. The van der Waals surface area contributed by atoms with Crippen molar-refractivity contribution in [1.82, 2.24) is 4.90 Å². The first-order valence-corrected chi connectivity index (χ1v) is 9.91. The van der Waals surface area contributed by atoms with Crippen LogP contribution in [0.2, 0.25) is 5.02 Å². The van der Waals surface area contributed by atoms with Gasteiger partial charge in [0, 0.05) is 31.6 Å². The van der Waals surface area contributed by atoms with E-state index in [0.29, 0.717) is 10.8 Å². The van der Waals surface area contributed by atoms with Crippen LogP contribution in [0.5, 0.6) is 5.75 Å². The maximum atomic E-state index is 6.18. The summed E-state index contributed by atoms with van der Waals surface area (Å²) in [6, 6.07) is 6.39. The molecule has 1 aliphatic heterocycles. The van der Waals surface area contributed by atoms with Gasteiger partial charge in [0.25, 0.3) is 0 Å². The lowest BCUT2D eigenvalue weighted by Gasteiger charge is -2.36. The van der Waals surface area contributed by atoms with Crippen molar-refractivity contribution < 1.29 is 9.64 Å². The Labute approximate surface area is 162 Å². The third kappa shape index (κ3) is 6.01. The third-order valence-electron chi connectivity index (χ3n) is 5.00. The molecule has 0 saturated carbocycles. The van der Waals surface area contributed by atoms with Crippen molar-refractivity contribution in [3.05, 3.63) is 23.2 Å². The number of piperidine rings is 1. The van der Waals surface area contributed by atoms with Crippen molar-refractivity contribution in [2.75, 3.05) is 39.1 Å². The van der Waals surface area contributed by atoms with E-state index in [1.807, 2.05) is 18.2 Å². The van der Waals surface area contributed by atoms with Gasteiger partial charge in [0.05, 0.1) is 31.8 Å². The Morgan fingerprint density at radius 3 is 2.64 bits per heavy atom. The Morgan fingerprint density at radius 1 is 1.40 bits per heavy atom. The van der Waals surface area contributed by atoms with Crippen molar-refractivity contribution >= 4 is 34.6 Å². The quantitative estimate of drug-likeness (QED) is 0.737. The average Bonchev–Trinajstić information content (AvgIpc) is 2.60. The number of benzene rings is 1. The van der Waals surface area contributed by atoms with Crippen LogP contribution in [0.25, 0.3) is 0 Å².